The predicted molar refractivity (Wildman–Crippen MR) is 72.5 cm³/mol. The van der Waals surface area contributed by atoms with Crippen molar-refractivity contribution in [3.8, 4) is 0 Å². The SMILES string of the molecule is CCCC(=O)CCCCNC(=O)c1ccccc1. The van der Waals surface area contributed by atoms with E-state index in [1.807, 2.05) is 25.1 Å². The van der Waals surface area contributed by atoms with Crippen molar-refractivity contribution in [2.24, 2.45) is 0 Å². The van der Waals surface area contributed by atoms with Crippen LogP contribution >= 0.6 is 0 Å². The highest BCUT2D eigenvalue weighted by Gasteiger charge is 2.03. The van der Waals surface area contributed by atoms with Gasteiger partial charge in [0.1, 0.15) is 5.78 Å². The van der Waals surface area contributed by atoms with E-state index in [0.29, 0.717) is 30.7 Å². The van der Waals surface area contributed by atoms with Crippen molar-refractivity contribution in [1.82, 2.24) is 5.32 Å². The number of carbonyl (C=O) groups excluding carboxylic acids is 2. The van der Waals surface area contributed by atoms with Crippen LogP contribution in [0, 0.1) is 0 Å². The number of rotatable bonds is 8. The van der Waals surface area contributed by atoms with E-state index in [0.717, 1.165) is 19.3 Å². The summed E-state index contributed by atoms with van der Waals surface area (Å²) in [7, 11) is 0. The first-order chi connectivity index (χ1) is 8.74. The summed E-state index contributed by atoms with van der Waals surface area (Å²) < 4.78 is 0. The third-order valence-corrected chi connectivity index (χ3v) is 2.73. The van der Waals surface area contributed by atoms with Gasteiger partial charge in [-0.15, -0.1) is 0 Å². The van der Waals surface area contributed by atoms with Gasteiger partial charge < -0.3 is 5.32 Å². The van der Waals surface area contributed by atoms with Crippen molar-refractivity contribution in [2.75, 3.05) is 6.54 Å². The number of carbonyl (C=O) groups is 2. The Kier molecular flexibility index (Phi) is 6.77. The van der Waals surface area contributed by atoms with Crippen molar-refractivity contribution >= 4 is 11.7 Å². The Morgan fingerprint density at radius 1 is 1.06 bits per heavy atom. The van der Waals surface area contributed by atoms with Gasteiger partial charge in [0.15, 0.2) is 0 Å². The zero-order valence-corrected chi connectivity index (χ0v) is 10.9. The zero-order valence-electron chi connectivity index (χ0n) is 10.9. The summed E-state index contributed by atoms with van der Waals surface area (Å²) in [6.45, 7) is 2.64. The molecule has 0 saturated carbocycles. The first-order valence-corrected chi connectivity index (χ1v) is 6.59. The molecule has 0 fully saturated rings. The number of hydrogen-bond donors (Lipinski definition) is 1. The second-order valence-corrected chi connectivity index (χ2v) is 4.37. The van der Waals surface area contributed by atoms with Gasteiger partial charge in [-0.05, 0) is 31.4 Å². The fraction of sp³-hybridized carbons (Fsp3) is 0.467. The highest BCUT2D eigenvalue weighted by molar-refractivity contribution is 5.94. The Labute approximate surface area is 109 Å². The summed E-state index contributed by atoms with van der Waals surface area (Å²) in [6.07, 6.45) is 3.94. The first-order valence-electron chi connectivity index (χ1n) is 6.59. The number of amides is 1. The van der Waals surface area contributed by atoms with E-state index in [-0.39, 0.29) is 5.91 Å². The summed E-state index contributed by atoms with van der Waals surface area (Å²) in [5.74, 6) is 0.280. The van der Waals surface area contributed by atoms with Crippen LogP contribution in [0.3, 0.4) is 0 Å². The van der Waals surface area contributed by atoms with Crippen molar-refractivity contribution in [2.45, 2.75) is 39.0 Å². The molecule has 1 aromatic rings. The van der Waals surface area contributed by atoms with Crippen LogP contribution in [0.4, 0.5) is 0 Å². The largest absolute Gasteiger partial charge is 0.352 e. The molecule has 1 amide bonds. The lowest BCUT2D eigenvalue weighted by Crippen LogP contribution is -2.24. The van der Waals surface area contributed by atoms with Crippen LogP contribution in [0.15, 0.2) is 30.3 Å². The van der Waals surface area contributed by atoms with Gasteiger partial charge in [-0.2, -0.15) is 0 Å². The van der Waals surface area contributed by atoms with Gasteiger partial charge in [-0.25, -0.2) is 0 Å². The molecule has 1 aromatic carbocycles. The molecule has 0 aliphatic carbocycles. The monoisotopic (exact) mass is 247 g/mol. The van der Waals surface area contributed by atoms with E-state index >= 15 is 0 Å². The fourth-order valence-electron chi connectivity index (χ4n) is 1.74. The van der Waals surface area contributed by atoms with Gasteiger partial charge in [0.05, 0.1) is 0 Å². The molecule has 0 aliphatic rings. The smallest absolute Gasteiger partial charge is 0.251 e. The number of unbranched alkanes of at least 4 members (excludes halogenated alkanes) is 1. The molecule has 0 aromatic heterocycles. The van der Waals surface area contributed by atoms with E-state index in [9.17, 15) is 9.59 Å². The third-order valence-electron chi connectivity index (χ3n) is 2.73. The highest BCUT2D eigenvalue weighted by atomic mass is 16.1. The molecule has 18 heavy (non-hydrogen) atoms. The Bertz CT molecular complexity index is 373. The van der Waals surface area contributed by atoms with Gasteiger partial charge in [-0.3, -0.25) is 9.59 Å². The molecule has 0 spiro atoms. The van der Waals surface area contributed by atoms with Crippen LogP contribution in [0.5, 0.6) is 0 Å². The minimum atomic E-state index is -0.0458. The van der Waals surface area contributed by atoms with Gasteiger partial charge in [0.25, 0.3) is 5.91 Å². The van der Waals surface area contributed by atoms with Crippen LogP contribution in [0.2, 0.25) is 0 Å². The summed E-state index contributed by atoms with van der Waals surface area (Å²) in [5, 5.41) is 2.85. The minimum Gasteiger partial charge on any atom is -0.352 e. The Morgan fingerprint density at radius 3 is 2.44 bits per heavy atom. The quantitative estimate of drug-likeness (QED) is 0.718. The molecule has 3 heteroatoms. The van der Waals surface area contributed by atoms with Gasteiger partial charge in [-0.1, -0.05) is 25.1 Å². The lowest BCUT2D eigenvalue weighted by atomic mass is 10.1. The molecule has 3 nitrogen and oxygen atoms in total. The van der Waals surface area contributed by atoms with E-state index in [1.165, 1.54) is 0 Å². The molecule has 1 rings (SSSR count). The maximum absolute atomic E-state index is 11.7. The molecule has 0 aliphatic heterocycles. The van der Waals surface area contributed by atoms with Crippen molar-refractivity contribution in [3.05, 3.63) is 35.9 Å². The Balaban J connectivity index is 2.11. The van der Waals surface area contributed by atoms with E-state index in [4.69, 9.17) is 0 Å². The van der Waals surface area contributed by atoms with Gasteiger partial charge in [0, 0.05) is 24.9 Å². The third kappa shape index (κ3) is 5.62. The van der Waals surface area contributed by atoms with E-state index < -0.39 is 0 Å². The van der Waals surface area contributed by atoms with E-state index in [1.54, 1.807) is 12.1 Å². The summed E-state index contributed by atoms with van der Waals surface area (Å²) >= 11 is 0. The van der Waals surface area contributed by atoms with Gasteiger partial charge >= 0.3 is 0 Å². The number of benzene rings is 1. The lowest BCUT2D eigenvalue weighted by Gasteiger charge is -2.04. The molecule has 0 bridgehead atoms. The molecule has 0 saturated heterocycles. The minimum absolute atomic E-state index is 0.0458. The summed E-state index contributed by atoms with van der Waals surface area (Å²) in [4.78, 5) is 22.9. The number of ketones is 1. The van der Waals surface area contributed by atoms with Crippen LogP contribution in [-0.4, -0.2) is 18.2 Å². The normalized spacial score (nSPS) is 10.1. The van der Waals surface area contributed by atoms with Crippen LogP contribution < -0.4 is 5.32 Å². The maximum atomic E-state index is 11.7. The number of Topliss-reactive ketones (excluding diaryl/α,β-unsaturated/α-hetero) is 1. The Morgan fingerprint density at radius 2 is 1.78 bits per heavy atom. The zero-order chi connectivity index (χ0) is 13.2. The molecule has 0 atom stereocenters. The molecular formula is C15H21NO2. The molecule has 98 valence electrons. The Hall–Kier alpha value is -1.64. The summed E-state index contributed by atoms with van der Waals surface area (Å²) in [6, 6.07) is 9.16. The predicted octanol–water partition coefficient (Wildman–Crippen LogP) is 2.96. The van der Waals surface area contributed by atoms with Crippen LogP contribution in [0.25, 0.3) is 0 Å². The molecule has 1 N–H and O–H groups in total. The van der Waals surface area contributed by atoms with E-state index in [2.05, 4.69) is 5.32 Å². The second kappa shape index (κ2) is 8.45. The maximum Gasteiger partial charge on any atom is 0.251 e. The molecular weight excluding hydrogens is 226 g/mol. The molecule has 0 radical (unpaired) electrons. The standard InChI is InChI=1S/C15H21NO2/c1-2-8-14(17)11-6-7-12-16-15(18)13-9-4-3-5-10-13/h3-5,9-10H,2,6-8,11-12H2,1H3,(H,16,18). The highest BCUT2D eigenvalue weighted by Crippen LogP contribution is 2.01. The van der Waals surface area contributed by atoms with Crippen LogP contribution in [-0.2, 0) is 4.79 Å². The molecule has 0 heterocycles. The topological polar surface area (TPSA) is 46.2 Å². The molecule has 0 unspecified atom stereocenters. The second-order valence-electron chi connectivity index (χ2n) is 4.37. The average molecular weight is 247 g/mol. The van der Waals surface area contributed by atoms with Crippen molar-refractivity contribution < 1.29 is 9.59 Å². The first kappa shape index (κ1) is 14.4. The number of hydrogen-bond acceptors (Lipinski definition) is 2. The average Bonchev–Trinajstić information content (AvgIpc) is 2.39. The van der Waals surface area contributed by atoms with Gasteiger partial charge in [0.2, 0.25) is 0 Å². The lowest BCUT2D eigenvalue weighted by molar-refractivity contribution is -0.119. The van der Waals surface area contributed by atoms with Crippen molar-refractivity contribution in [1.29, 1.82) is 0 Å². The number of nitrogens with one attached hydrogen (secondary N) is 1. The van der Waals surface area contributed by atoms with Crippen LogP contribution in [0.1, 0.15) is 49.4 Å². The summed E-state index contributed by atoms with van der Waals surface area (Å²) in [5.41, 5.74) is 0.680. The fourth-order valence-corrected chi connectivity index (χ4v) is 1.74. The van der Waals surface area contributed by atoms with Crippen molar-refractivity contribution in [3.63, 3.8) is 0 Å².